The van der Waals surface area contributed by atoms with Gasteiger partial charge in [0.2, 0.25) is 0 Å². The molecule has 2 fully saturated rings. The third kappa shape index (κ3) is 2.47. The van der Waals surface area contributed by atoms with Gasteiger partial charge in [-0.2, -0.15) is 0 Å². The van der Waals surface area contributed by atoms with Crippen LogP contribution in [0.5, 0.6) is 0 Å². The predicted molar refractivity (Wildman–Crippen MR) is 67.5 cm³/mol. The van der Waals surface area contributed by atoms with Crippen LogP contribution in [0.25, 0.3) is 0 Å². The molecule has 4 aliphatic rings. The van der Waals surface area contributed by atoms with E-state index >= 15 is 0 Å². The Bertz CT molecular complexity index is 465. The molecule has 4 rings (SSSR count). The van der Waals surface area contributed by atoms with Gasteiger partial charge < -0.3 is 14.2 Å². The van der Waals surface area contributed by atoms with E-state index < -0.39 is 0 Å². The molecule has 0 saturated carbocycles. The van der Waals surface area contributed by atoms with E-state index in [1.54, 1.807) is 0 Å². The molecular formula is C15H18O4. The van der Waals surface area contributed by atoms with Gasteiger partial charge in [0.25, 0.3) is 0 Å². The number of esters is 1. The van der Waals surface area contributed by atoms with Crippen LogP contribution in [0.2, 0.25) is 0 Å². The molecule has 0 aromatic rings. The number of rotatable bonds is 4. The molecule has 0 spiro atoms. The van der Waals surface area contributed by atoms with Gasteiger partial charge in [0.15, 0.2) is 0 Å². The highest BCUT2D eigenvalue weighted by Crippen LogP contribution is 2.36. The highest BCUT2D eigenvalue weighted by molar-refractivity contribution is 5.88. The van der Waals surface area contributed by atoms with Crippen molar-refractivity contribution in [3.05, 3.63) is 23.3 Å². The second-order valence-corrected chi connectivity index (χ2v) is 5.76. The number of carbonyl (C=O) groups excluding carboxylic acids is 1. The average Bonchev–Trinajstić information content (AvgIpc) is 3.31. The lowest BCUT2D eigenvalue weighted by molar-refractivity contribution is -0.139. The summed E-state index contributed by atoms with van der Waals surface area (Å²) in [6.45, 7) is 0.481. The Labute approximate surface area is 112 Å². The molecule has 0 aromatic heterocycles. The Morgan fingerprint density at radius 3 is 2.63 bits per heavy atom. The van der Waals surface area contributed by atoms with Crippen molar-refractivity contribution in [1.29, 1.82) is 0 Å². The van der Waals surface area contributed by atoms with Crippen LogP contribution in [0.3, 0.4) is 0 Å². The third-order valence-corrected chi connectivity index (χ3v) is 4.38. The lowest BCUT2D eigenvalue weighted by Gasteiger charge is -2.12. The van der Waals surface area contributed by atoms with Crippen LogP contribution in [0.15, 0.2) is 23.3 Å². The minimum absolute atomic E-state index is 0.161. The Kier molecular flexibility index (Phi) is 2.74. The van der Waals surface area contributed by atoms with E-state index in [0.29, 0.717) is 24.9 Å². The van der Waals surface area contributed by atoms with Gasteiger partial charge in [-0.15, -0.1) is 0 Å². The quantitative estimate of drug-likeness (QED) is 0.441. The van der Waals surface area contributed by atoms with Crippen molar-refractivity contribution in [2.75, 3.05) is 6.61 Å². The Morgan fingerprint density at radius 1 is 1.16 bits per heavy atom. The van der Waals surface area contributed by atoms with Crippen LogP contribution in [-0.4, -0.2) is 37.0 Å². The first-order chi connectivity index (χ1) is 9.29. The van der Waals surface area contributed by atoms with Crippen molar-refractivity contribution in [2.24, 2.45) is 0 Å². The van der Waals surface area contributed by atoms with Crippen molar-refractivity contribution >= 4 is 5.97 Å². The van der Waals surface area contributed by atoms with Crippen LogP contribution in [-0.2, 0) is 19.0 Å². The summed E-state index contributed by atoms with van der Waals surface area (Å²) in [6, 6.07) is 0. The molecule has 19 heavy (non-hydrogen) atoms. The van der Waals surface area contributed by atoms with Crippen LogP contribution in [0, 0.1) is 0 Å². The molecule has 0 bridgehead atoms. The highest BCUT2D eigenvalue weighted by Gasteiger charge is 2.41. The SMILES string of the molecule is O=C(OCCC1=CC2OC2CC1)C1=CC2OC2CC1. The molecule has 2 heterocycles. The largest absolute Gasteiger partial charge is 0.462 e. The summed E-state index contributed by atoms with van der Waals surface area (Å²) in [5.41, 5.74) is 2.16. The first-order valence-electron chi connectivity index (χ1n) is 7.18. The molecule has 2 aliphatic heterocycles. The molecule has 102 valence electrons. The van der Waals surface area contributed by atoms with Gasteiger partial charge >= 0.3 is 5.97 Å². The number of fused-ring (bicyclic) bond motifs is 2. The third-order valence-electron chi connectivity index (χ3n) is 4.38. The zero-order valence-corrected chi connectivity index (χ0v) is 10.8. The molecule has 4 atom stereocenters. The van der Waals surface area contributed by atoms with Crippen LogP contribution < -0.4 is 0 Å². The summed E-state index contributed by atoms with van der Waals surface area (Å²) in [5.74, 6) is -0.161. The van der Waals surface area contributed by atoms with E-state index in [1.807, 2.05) is 6.08 Å². The second kappa shape index (κ2) is 4.46. The number of ether oxygens (including phenoxy) is 3. The van der Waals surface area contributed by atoms with Gasteiger partial charge in [-0.25, -0.2) is 4.79 Å². The Morgan fingerprint density at radius 2 is 1.89 bits per heavy atom. The fourth-order valence-corrected chi connectivity index (χ4v) is 3.04. The van der Waals surface area contributed by atoms with Gasteiger partial charge in [-0.05, 0) is 31.8 Å². The molecule has 2 aliphatic carbocycles. The number of carbonyl (C=O) groups is 1. The maximum absolute atomic E-state index is 11.9. The van der Waals surface area contributed by atoms with Gasteiger partial charge in [0.1, 0.15) is 12.2 Å². The van der Waals surface area contributed by atoms with Crippen molar-refractivity contribution in [2.45, 2.75) is 56.5 Å². The standard InChI is InChI=1S/C15H18O4/c16-15(10-2-4-12-14(8-10)19-12)17-6-5-9-1-3-11-13(7-9)18-11/h7-8,11-14H,1-6H2. The fourth-order valence-electron chi connectivity index (χ4n) is 3.04. The first kappa shape index (κ1) is 11.7. The molecule has 4 nitrogen and oxygen atoms in total. The maximum atomic E-state index is 11.9. The van der Waals surface area contributed by atoms with Crippen molar-refractivity contribution in [1.82, 2.24) is 0 Å². The van der Waals surface area contributed by atoms with Crippen molar-refractivity contribution < 1.29 is 19.0 Å². The Balaban J connectivity index is 1.25. The summed E-state index contributed by atoms with van der Waals surface area (Å²) in [6.07, 6.45) is 10.3. The number of epoxide rings is 2. The normalized spacial score (nSPS) is 38.5. The molecule has 0 amide bonds. The van der Waals surface area contributed by atoms with Crippen LogP contribution >= 0.6 is 0 Å². The van der Waals surface area contributed by atoms with E-state index in [2.05, 4.69) is 6.08 Å². The van der Waals surface area contributed by atoms with Crippen LogP contribution in [0.4, 0.5) is 0 Å². The van der Waals surface area contributed by atoms with E-state index in [4.69, 9.17) is 14.2 Å². The monoisotopic (exact) mass is 262 g/mol. The lowest BCUT2D eigenvalue weighted by Crippen LogP contribution is -2.14. The van der Waals surface area contributed by atoms with Gasteiger partial charge in [0.05, 0.1) is 18.8 Å². The molecular weight excluding hydrogens is 244 g/mol. The summed E-state index contributed by atoms with van der Waals surface area (Å²) < 4.78 is 16.2. The molecule has 2 saturated heterocycles. The molecule has 0 aromatic carbocycles. The maximum Gasteiger partial charge on any atom is 0.333 e. The predicted octanol–water partition coefficient (Wildman–Crippen LogP) is 1.89. The van der Waals surface area contributed by atoms with Gasteiger partial charge in [-0.1, -0.05) is 11.6 Å². The van der Waals surface area contributed by atoms with E-state index in [1.165, 1.54) is 5.57 Å². The molecule has 0 radical (unpaired) electrons. The average molecular weight is 262 g/mol. The fraction of sp³-hybridized carbons (Fsp3) is 0.667. The topological polar surface area (TPSA) is 51.4 Å². The van der Waals surface area contributed by atoms with Crippen molar-refractivity contribution in [3.8, 4) is 0 Å². The molecule has 0 N–H and O–H groups in total. The van der Waals surface area contributed by atoms with Crippen LogP contribution in [0.1, 0.15) is 32.1 Å². The number of hydrogen-bond acceptors (Lipinski definition) is 4. The smallest absolute Gasteiger partial charge is 0.333 e. The Hall–Kier alpha value is -1.13. The van der Waals surface area contributed by atoms with E-state index in [-0.39, 0.29) is 12.1 Å². The van der Waals surface area contributed by atoms with Gasteiger partial charge in [-0.3, -0.25) is 0 Å². The lowest BCUT2D eigenvalue weighted by atomic mass is 9.97. The zero-order valence-electron chi connectivity index (χ0n) is 10.8. The summed E-state index contributed by atoms with van der Waals surface area (Å²) in [5, 5.41) is 0. The number of hydrogen-bond donors (Lipinski definition) is 0. The molecule has 4 heteroatoms. The summed E-state index contributed by atoms with van der Waals surface area (Å²) in [7, 11) is 0. The zero-order chi connectivity index (χ0) is 12.8. The molecule has 4 unspecified atom stereocenters. The second-order valence-electron chi connectivity index (χ2n) is 5.76. The first-order valence-corrected chi connectivity index (χ1v) is 7.18. The van der Waals surface area contributed by atoms with Crippen molar-refractivity contribution in [3.63, 3.8) is 0 Å². The summed E-state index contributed by atoms with van der Waals surface area (Å²) >= 11 is 0. The van der Waals surface area contributed by atoms with Gasteiger partial charge in [0, 0.05) is 12.0 Å². The highest BCUT2D eigenvalue weighted by atomic mass is 16.6. The van der Waals surface area contributed by atoms with E-state index in [0.717, 1.165) is 37.7 Å². The summed E-state index contributed by atoms with van der Waals surface area (Å²) in [4.78, 5) is 11.9. The van der Waals surface area contributed by atoms with E-state index in [9.17, 15) is 4.79 Å². The minimum atomic E-state index is -0.161. The minimum Gasteiger partial charge on any atom is -0.462 e.